The number of nitrogens with zero attached hydrogens (tertiary/aromatic N) is 8. The molecule has 5 saturated heterocycles. The summed E-state index contributed by atoms with van der Waals surface area (Å²) in [6, 6.07) is 10.4. The van der Waals surface area contributed by atoms with E-state index in [1.807, 2.05) is 29.2 Å². The number of likely N-dealkylation sites (tertiary alicyclic amines) is 1. The van der Waals surface area contributed by atoms with Crippen molar-refractivity contribution in [1.82, 2.24) is 25.1 Å². The number of hydrogen-bond donors (Lipinski definition) is 1. The van der Waals surface area contributed by atoms with Gasteiger partial charge in [-0.15, -0.1) is 0 Å². The van der Waals surface area contributed by atoms with Crippen molar-refractivity contribution in [3.63, 3.8) is 0 Å². The number of aromatic nitrogens is 2. The first-order valence-electron chi connectivity index (χ1n) is 19.9. The predicted octanol–water partition coefficient (Wildman–Crippen LogP) is 4.96. The summed E-state index contributed by atoms with van der Waals surface area (Å²) in [5, 5.41) is 2.73. The minimum absolute atomic E-state index is 0.0831. The lowest BCUT2D eigenvalue weighted by atomic mass is 9.77. The van der Waals surface area contributed by atoms with Gasteiger partial charge in [0.15, 0.2) is 0 Å². The van der Waals surface area contributed by atoms with Crippen LogP contribution in [0.1, 0.15) is 83.1 Å². The van der Waals surface area contributed by atoms with E-state index in [9.17, 15) is 24.0 Å². The number of carbonyl (C=O) groups excluding carboxylic acids is 5. The van der Waals surface area contributed by atoms with Crippen LogP contribution in [0.2, 0.25) is 5.02 Å². The van der Waals surface area contributed by atoms with E-state index in [1.54, 1.807) is 24.5 Å². The van der Waals surface area contributed by atoms with Crippen LogP contribution in [0.25, 0.3) is 4.85 Å². The molecular formula is C42H44ClN9O5. The van der Waals surface area contributed by atoms with Crippen molar-refractivity contribution in [2.24, 2.45) is 17.3 Å². The first-order chi connectivity index (χ1) is 27.5. The van der Waals surface area contributed by atoms with Gasteiger partial charge in [0.2, 0.25) is 17.5 Å². The van der Waals surface area contributed by atoms with Gasteiger partial charge in [-0.2, -0.15) is 0 Å². The average Bonchev–Trinajstić information content (AvgIpc) is 3.65. The Hall–Kier alpha value is -5.55. The maximum Gasteiger partial charge on any atom is 0.274 e. The second-order valence-corrected chi connectivity index (χ2v) is 17.1. The number of amides is 5. The molecule has 0 saturated carbocycles. The molecule has 5 amide bonds. The normalized spacial score (nSPS) is 23.8. The van der Waals surface area contributed by atoms with Crippen LogP contribution < -0.4 is 20.0 Å². The van der Waals surface area contributed by atoms with Gasteiger partial charge in [0.1, 0.15) is 17.6 Å². The molecule has 2 aromatic carbocycles. The Morgan fingerprint density at radius 2 is 1.61 bits per heavy atom. The fraction of sp³-hybridized carbons (Fsp3) is 0.476. The van der Waals surface area contributed by atoms with Crippen LogP contribution in [0.15, 0.2) is 48.8 Å². The monoisotopic (exact) mass is 789 g/mol. The van der Waals surface area contributed by atoms with Crippen molar-refractivity contribution < 1.29 is 24.0 Å². The molecule has 14 nitrogen and oxygen atoms in total. The van der Waals surface area contributed by atoms with Crippen LogP contribution in [-0.2, 0) is 9.59 Å². The smallest absolute Gasteiger partial charge is 0.274 e. The van der Waals surface area contributed by atoms with Crippen molar-refractivity contribution in [1.29, 1.82) is 0 Å². The first-order valence-corrected chi connectivity index (χ1v) is 20.3. The number of piperidine rings is 3. The summed E-state index contributed by atoms with van der Waals surface area (Å²) >= 11 is 6.37. The number of rotatable bonds is 6. The second-order valence-electron chi connectivity index (χ2n) is 16.6. The summed E-state index contributed by atoms with van der Waals surface area (Å²) in [5.41, 5.74) is 3.55. The van der Waals surface area contributed by atoms with E-state index in [0.717, 1.165) is 86.9 Å². The highest BCUT2D eigenvalue weighted by atomic mass is 35.5. The molecule has 3 aromatic rings. The van der Waals surface area contributed by atoms with Crippen LogP contribution in [0.4, 0.5) is 22.9 Å². The zero-order valence-electron chi connectivity index (χ0n) is 31.8. The summed E-state index contributed by atoms with van der Waals surface area (Å²) in [5.74, 6) is -0.428. The topological polar surface area (TPSA) is 144 Å². The summed E-state index contributed by atoms with van der Waals surface area (Å²) in [6.07, 6.45) is 8.64. The number of hydrogen-bond acceptors (Lipinski definition) is 10. The van der Waals surface area contributed by atoms with Gasteiger partial charge in [0, 0.05) is 74.7 Å². The van der Waals surface area contributed by atoms with E-state index < -0.39 is 29.7 Å². The maximum absolute atomic E-state index is 13.4. The van der Waals surface area contributed by atoms with Crippen LogP contribution in [0.3, 0.4) is 0 Å². The van der Waals surface area contributed by atoms with E-state index in [2.05, 4.69) is 41.8 Å². The third kappa shape index (κ3) is 6.65. The number of nitrogens with one attached hydrogen (secondary N) is 1. The van der Waals surface area contributed by atoms with E-state index in [1.165, 1.54) is 0 Å². The molecule has 0 bridgehead atoms. The molecule has 15 heteroatoms. The fourth-order valence-electron chi connectivity index (χ4n) is 10.0. The highest BCUT2D eigenvalue weighted by Gasteiger charge is 2.46. The Labute approximate surface area is 336 Å². The van der Waals surface area contributed by atoms with E-state index in [4.69, 9.17) is 18.2 Å². The molecular weight excluding hydrogens is 746 g/mol. The molecule has 0 aliphatic carbocycles. The zero-order valence-corrected chi connectivity index (χ0v) is 32.6. The lowest BCUT2D eigenvalue weighted by Crippen LogP contribution is -2.54. The molecule has 6 aliphatic heterocycles. The zero-order chi connectivity index (χ0) is 39.6. The molecule has 294 valence electrons. The molecule has 6 aliphatic rings. The standard InChI is InChI=1S/C42H44ClN9O5/c1-25-19-42(24-51(25)29-4-6-33(44-2)32(43)18-29)11-15-49(16-12-42)36-21-45-34(20-46-36)41(57)50-22-27(23-50)26-9-13-48(14-10-26)28-3-5-30-31(17-28)40(56)52(39(30)55)35-7-8-37(53)47-38(35)54/h3-6,17-18,20-21,25-27,35H,7-16,19,22-24H2,1H3,(H,47,53,54)/t25-,35?/m0/s1. The van der Waals surface area contributed by atoms with Crippen LogP contribution >= 0.6 is 11.6 Å². The second kappa shape index (κ2) is 14.4. The predicted molar refractivity (Wildman–Crippen MR) is 212 cm³/mol. The van der Waals surface area contributed by atoms with Gasteiger partial charge in [0.05, 0.1) is 30.1 Å². The Kier molecular flexibility index (Phi) is 9.38. The van der Waals surface area contributed by atoms with Gasteiger partial charge in [-0.3, -0.25) is 34.2 Å². The third-order valence-electron chi connectivity index (χ3n) is 13.3. The Balaban J connectivity index is 0.740. The number of anilines is 3. The number of fused-ring (bicyclic) bond motifs is 1. The molecule has 9 rings (SSSR count). The molecule has 1 N–H and O–H groups in total. The van der Waals surface area contributed by atoms with Gasteiger partial charge in [-0.25, -0.2) is 14.8 Å². The van der Waals surface area contributed by atoms with Gasteiger partial charge in [0.25, 0.3) is 17.7 Å². The van der Waals surface area contributed by atoms with Gasteiger partial charge < -0.3 is 19.6 Å². The van der Waals surface area contributed by atoms with Crippen LogP contribution in [0, 0.1) is 23.8 Å². The molecule has 0 radical (unpaired) electrons. The lowest BCUT2D eigenvalue weighted by molar-refractivity contribution is -0.136. The van der Waals surface area contributed by atoms with Crippen LogP contribution in [-0.4, -0.2) is 107 Å². The molecule has 2 atom stereocenters. The molecule has 1 aromatic heterocycles. The molecule has 57 heavy (non-hydrogen) atoms. The number of benzene rings is 2. The third-order valence-corrected chi connectivity index (χ3v) is 13.6. The highest BCUT2D eigenvalue weighted by Crippen LogP contribution is 2.46. The fourth-order valence-corrected chi connectivity index (χ4v) is 10.2. The number of imide groups is 2. The van der Waals surface area contributed by atoms with Crippen molar-refractivity contribution >= 4 is 64.0 Å². The summed E-state index contributed by atoms with van der Waals surface area (Å²) in [4.78, 5) is 86.4. The maximum atomic E-state index is 13.4. The molecule has 1 spiro atoms. The first kappa shape index (κ1) is 37.1. The lowest BCUT2D eigenvalue weighted by Gasteiger charge is -2.46. The molecule has 1 unspecified atom stereocenters. The number of carbonyl (C=O) groups is 5. The highest BCUT2D eigenvalue weighted by molar-refractivity contribution is 6.33. The van der Waals surface area contributed by atoms with E-state index >= 15 is 0 Å². The van der Waals surface area contributed by atoms with Crippen molar-refractivity contribution in [3.05, 3.63) is 82.1 Å². The van der Waals surface area contributed by atoms with Crippen molar-refractivity contribution in [2.45, 2.75) is 64.0 Å². The average molecular weight is 790 g/mol. The van der Waals surface area contributed by atoms with Gasteiger partial charge >= 0.3 is 0 Å². The molecule has 7 heterocycles. The minimum atomic E-state index is -0.985. The Morgan fingerprint density at radius 1 is 0.877 bits per heavy atom. The Morgan fingerprint density at radius 3 is 2.30 bits per heavy atom. The van der Waals surface area contributed by atoms with E-state index in [0.29, 0.717) is 47.4 Å². The Bertz CT molecular complexity index is 2200. The van der Waals surface area contributed by atoms with Gasteiger partial charge in [-0.1, -0.05) is 17.7 Å². The van der Waals surface area contributed by atoms with E-state index in [-0.39, 0.29) is 35.3 Å². The van der Waals surface area contributed by atoms with Gasteiger partial charge in [-0.05, 0) is 93.0 Å². The van der Waals surface area contributed by atoms with Crippen LogP contribution in [0.5, 0.6) is 0 Å². The van der Waals surface area contributed by atoms with Crippen molar-refractivity contribution in [2.75, 3.05) is 60.5 Å². The SMILES string of the molecule is [C-]#[N+]c1ccc(N2CC3(CCN(c4cnc(C(=O)N5CC(C6CCN(c7ccc8c(c7)C(=O)N(C7CCC(=O)NC7=O)C8=O)CC6)C5)cn4)CC3)C[C@@H]2C)cc1Cl. The van der Waals surface area contributed by atoms with Crippen molar-refractivity contribution in [3.8, 4) is 0 Å². The minimum Gasteiger partial charge on any atom is -0.371 e. The summed E-state index contributed by atoms with van der Waals surface area (Å²) < 4.78 is 0. The summed E-state index contributed by atoms with van der Waals surface area (Å²) in [7, 11) is 0. The molecule has 5 fully saturated rings. The number of halogens is 1. The quantitative estimate of drug-likeness (QED) is 0.269. The largest absolute Gasteiger partial charge is 0.371 e. The summed E-state index contributed by atoms with van der Waals surface area (Å²) in [6.45, 7) is 15.2.